The van der Waals surface area contributed by atoms with E-state index in [1.54, 1.807) is 0 Å². The predicted molar refractivity (Wildman–Crippen MR) is 87.0 cm³/mol. The number of carboxylic acid groups (broad SMARTS) is 1. The lowest BCUT2D eigenvalue weighted by Crippen LogP contribution is -2.43. The molecule has 0 aliphatic heterocycles. The van der Waals surface area contributed by atoms with Gasteiger partial charge in [0.15, 0.2) is 0 Å². The first-order valence-corrected chi connectivity index (χ1v) is 7.25. The van der Waals surface area contributed by atoms with Crippen molar-refractivity contribution in [2.75, 3.05) is 13.7 Å². The molecule has 0 radical (unpaired) electrons. The standard InChI is InChI=1S/C18H19NO4/c1-23-12-17(20)19-16(18(21)22)11-13-7-9-15(10-8-13)14-5-3-2-4-6-14/h2-10,16H,11-12H2,1H3,(H,19,20)(H,21,22)/t16-/m1/s1. The SMILES string of the molecule is COCC(=O)N[C@H](Cc1ccc(-c2ccccc2)cc1)C(=O)O. The van der Waals surface area contributed by atoms with E-state index in [0.29, 0.717) is 0 Å². The van der Waals surface area contributed by atoms with E-state index < -0.39 is 17.9 Å². The minimum Gasteiger partial charge on any atom is -0.480 e. The quantitative estimate of drug-likeness (QED) is 0.821. The Bertz CT molecular complexity index is 652. The van der Waals surface area contributed by atoms with Crippen LogP contribution in [0.3, 0.4) is 0 Å². The van der Waals surface area contributed by atoms with Gasteiger partial charge in [0, 0.05) is 13.5 Å². The van der Waals surface area contributed by atoms with Gasteiger partial charge in [-0.1, -0.05) is 54.6 Å². The maximum atomic E-state index is 11.5. The molecule has 0 bridgehead atoms. The second-order valence-electron chi connectivity index (χ2n) is 5.16. The molecule has 120 valence electrons. The number of hydrogen-bond donors (Lipinski definition) is 2. The number of rotatable bonds is 7. The van der Waals surface area contributed by atoms with Crippen molar-refractivity contribution in [2.24, 2.45) is 0 Å². The fourth-order valence-electron chi connectivity index (χ4n) is 2.27. The van der Waals surface area contributed by atoms with Crippen LogP contribution >= 0.6 is 0 Å². The van der Waals surface area contributed by atoms with Crippen LogP contribution in [0.5, 0.6) is 0 Å². The Kier molecular flexibility index (Phi) is 5.88. The van der Waals surface area contributed by atoms with Gasteiger partial charge in [0.1, 0.15) is 12.6 Å². The lowest BCUT2D eigenvalue weighted by molar-refractivity contribution is -0.142. The van der Waals surface area contributed by atoms with Gasteiger partial charge in [-0.05, 0) is 16.7 Å². The van der Waals surface area contributed by atoms with Gasteiger partial charge in [0.2, 0.25) is 5.91 Å². The second-order valence-corrected chi connectivity index (χ2v) is 5.16. The van der Waals surface area contributed by atoms with E-state index in [4.69, 9.17) is 4.74 Å². The summed E-state index contributed by atoms with van der Waals surface area (Å²) in [6.07, 6.45) is 0.222. The zero-order valence-electron chi connectivity index (χ0n) is 12.9. The molecule has 2 rings (SSSR count). The maximum absolute atomic E-state index is 11.5. The van der Waals surface area contributed by atoms with Crippen molar-refractivity contribution < 1.29 is 19.4 Å². The van der Waals surface area contributed by atoms with Crippen molar-refractivity contribution in [2.45, 2.75) is 12.5 Å². The molecular formula is C18H19NO4. The fourth-order valence-corrected chi connectivity index (χ4v) is 2.27. The third-order valence-electron chi connectivity index (χ3n) is 3.41. The highest BCUT2D eigenvalue weighted by Crippen LogP contribution is 2.19. The highest BCUT2D eigenvalue weighted by atomic mass is 16.5. The highest BCUT2D eigenvalue weighted by Gasteiger charge is 2.20. The number of methoxy groups -OCH3 is 1. The van der Waals surface area contributed by atoms with E-state index in [1.165, 1.54) is 7.11 Å². The van der Waals surface area contributed by atoms with Gasteiger partial charge in [-0.3, -0.25) is 4.79 Å². The Labute approximate surface area is 134 Å². The normalized spacial score (nSPS) is 11.7. The molecule has 0 saturated carbocycles. The highest BCUT2D eigenvalue weighted by molar-refractivity contribution is 5.84. The third kappa shape index (κ3) is 4.93. The largest absolute Gasteiger partial charge is 0.480 e. The number of nitrogens with one attached hydrogen (secondary N) is 1. The summed E-state index contributed by atoms with van der Waals surface area (Å²) in [7, 11) is 1.39. The van der Waals surface area contributed by atoms with Gasteiger partial charge in [-0.25, -0.2) is 4.79 Å². The number of amides is 1. The minimum absolute atomic E-state index is 0.156. The van der Waals surface area contributed by atoms with Crippen LogP contribution in [-0.2, 0) is 20.7 Å². The van der Waals surface area contributed by atoms with E-state index >= 15 is 0 Å². The molecule has 2 aromatic rings. The maximum Gasteiger partial charge on any atom is 0.326 e. The van der Waals surface area contributed by atoms with Crippen LogP contribution in [-0.4, -0.2) is 36.7 Å². The first-order valence-electron chi connectivity index (χ1n) is 7.25. The van der Waals surface area contributed by atoms with Crippen LogP contribution in [0.2, 0.25) is 0 Å². The van der Waals surface area contributed by atoms with Crippen molar-refractivity contribution >= 4 is 11.9 Å². The molecule has 0 aliphatic carbocycles. The van der Waals surface area contributed by atoms with Crippen LogP contribution in [0.15, 0.2) is 54.6 Å². The molecule has 0 aromatic heterocycles. The Balaban J connectivity index is 2.06. The predicted octanol–water partition coefficient (Wildman–Crippen LogP) is 2.11. The molecule has 5 nitrogen and oxygen atoms in total. The summed E-state index contributed by atoms with van der Waals surface area (Å²) in [6, 6.07) is 16.6. The molecule has 23 heavy (non-hydrogen) atoms. The molecular weight excluding hydrogens is 294 g/mol. The molecule has 2 N–H and O–H groups in total. The number of aliphatic carboxylic acids is 1. The lowest BCUT2D eigenvalue weighted by atomic mass is 10.0. The summed E-state index contributed by atoms with van der Waals surface area (Å²) in [5.74, 6) is -1.51. The van der Waals surface area contributed by atoms with Crippen molar-refractivity contribution in [3.8, 4) is 11.1 Å². The Hall–Kier alpha value is -2.66. The minimum atomic E-state index is -1.07. The summed E-state index contributed by atoms with van der Waals surface area (Å²) in [6.45, 7) is -0.156. The van der Waals surface area contributed by atoms with Gasteiger partial charge >= 0.3 is 5.97 Å². The summed E-state index contributed by atoms with van der Waals surface area (Å²) in [5, 5.41) is 11.7. The van der Waals surface area contributed by atoms with Crippen molar-refractivity contribution in [3.05, 3.63) is 60.2 Å². The Morgan fingerprint density at radius 3 is 2.22 bits per heavy atom. The molecule has 5 heteroatoms. The number of carboxylic acids is 1. The van der Waals surface area contributed by atoms with Gasteiger partial charge in [0.05, 0.1) is 0 Å². The summed E-state index contributed by atoms with van der Waals surface area (Å²) in [5.41, 5.74) is 3.00. The van der Waals surface area contributed by atoms with E-state index in [2.05, 4.69) is 5.32 Å². The first kappa shape index (κ1) is 16.7. The van der Waals surface area contributed by atoms with E-state index in [0.717, 1.165) is 16.7 Å². The fraction of sp³-hybridized carbons (Fsp3) is 0.222. The van der Waals surface area contributed by atoms with Gasteiger partial charge in [-0.15, -0.1) is 0 Å². The van der Waals surface area contributed by atoms with Crippen LogP contribution in [0.1, 0.15) is 5.56 Å². The topological polar surface area (TPSA) is 75.6 Å². The average Bonchev–Trinajstić information content (AvgIpc) is 2.56. The number of benzene rings is 2. The zero-order chi connectivity index (χ0) is 16.7. The van der Waals surface area contributed by atoms with Crippen molar-refractivity contribution in [3.63, 3.8) is 0 Å². The monoisotopic (exact) mass is 313 g/mol. The number of carbonyl (C=O) groups is 2. The summed E-state index contributed by atoms with van der Waals surface area (Å²) >= 11 is 0. The summed E-state index contributed by atoms with van der Waals surface area (Å²) < 4.78 is 4.69. The van der Waals surface area contributed by atoms with Crippen LogP contribution in [0.4, 0.5) is 0 Å². The molecule has 2 aromatic carbocycles. The van der Waals surface area contributed by atoms with Gasteiger partial charge in [0.25, 0.3) is 0 Å². The number of hydrogen-bond acceptors (Lipinski definition) is 3. The number of carbonyl (C=O) groups excluding carboxylic acids is 1. The molecule has 0 unspecified atom stereocenters. The molecule has 1 amide bonds. The van der Waals surface area contributed by atoms with Crippen LogP contribution in [0.25, 0.3) is 11.1 Å². The third-order valence-corrected chi connectivity index (χ3v) is 3.41. The second kappa shape index (κ2) is 8.10. The Morgan fingerprint density at radius 2 is 1.65 bits per heavy atom. The molecule has 1 atom stereocenters. The zero-order valence-corrected chi connectivity index (χ0v) is 12.9. The van der Waals surface area contributed by atoms with E-state index in [-0.39, 0.29) is 13.0 Å². The van der Waals surface area contributed by atoms with Crippen LogP contribution < -0.4 is 5.32 Å². The van der Waals surface area contributed by atoms with Gasteiger partial charge in [-0.2, -0.15) is 0 Å². The van der Waals surface area contributed by atoms with E-state index in [1.807, 2.05) is 54.6 Å². The smallest absolute Gasteiger partial charge is 0.326 e. The van der Waals surface area contributed by atoms with Crippen molar-refractivity contribution in [1.82, 2.24) is 5.32 Å². The summed E-state index contributed by atoms with van der Waals surface area (Å²) in [4.78, 5) is 22.8. The molecule has 0 spiro atoms. The molecule has 0 aliphatic rings. The molecule has 0 saturated heterocycles. The van der Waals surface area contributed by atoms with Crippen molar-refractivity contribution in [1.29, 1.82) is 0 Å². The number of ether oxygens (including phenoxy) is 1. The van der Waals surface area contributed by atoms with Gasteiger partial charge < -0.3 is 15.2 Å². The van der Waals surface area contributed by atoms with E-state index in [9.17, 15) is 14.7 Å². The first-order chi connectivity index (χ1) is 11.1. The molecule has 0 heterocycles. The Morgan fingerprint density at radius 1 is 1.04 bits per heavy atom. The lowest BCUT2D eigenvalue weighted by Gasteiger charge is -2.14. The van der Waals surface area contributed by atoms with Crippen LogP contribution in [0, 0.1) is 0 Å². The molecule has 0 fully saturated rings. The average molecular weight is 313 g/mol.